The van der Waals surface area contributed by atoms with Gasteiger partial charge in [0.15, 0.2) is 6.10 Å². The first kappa shape index (κ1) is 29.6. The molecule has 1 aliphatic rings. The van der Waals surface area contributed by atoms with Crippen molar-refractivity contribution < 1.29 is 38.9 Å². The molecule has 0 spiro atoms. The monoisotopic (exact) mass is 541 g/mol. The molecule has 0 bridgehead atoms. The summed E-state index contributed by atoms with van der Waals surface area (Å²) in [4.78, 5) is 56.6. The molecule has 1 unspecified atom stereocenters. The highest BCUT2D eigenvalue weighted by Gasteiger charge is 2.40. The number of para-hydroxylation sites is 1. The maximum Gasteiger partial charge on any atom is 0.347 e. The number of nitrogens with zero attached hydrogens (tertiary/aromatic N) is 1. The molecule has 1 saturated heterocycles. The second-order valence-corrected chi connectivity index (χ2v) is 10.1. The fraction of sp³-hybridized carbons (Fsp3) is 0.464. The van der Waals surface area contributed by atoms with Crippen molar-refractivity contribution in [1.29, 1.82) is 0 Å². The van der Waals surface area contributed by atoms with E-state index in [2.05, 4.69) is 15.6 Å². The van der Waals surface area contributed by atoms with Gasteiger partial charge in [-0.15, -0.1) is 0 Å². The molecule has 2 heterocycles. The van der Waals surface area contributed by atoms with Gasteiger partial charge in [0.2, 0.25) is 5.91 Å². The molecular weight excluding hydrogens is 506 g/mol. The van der Waals surface area contributed by atoms with Crippen LogP contribution >= 0.6 is 0 Å². The van der Waals surface area contributed by atoms with E-state index in [0.29, 0.717) is 5.56 Å². The van der Waals surface area contributed by atoms with E-state index >= 15 is 0 Å². The summed E-state index contributed by atoms with van der Waals surface area (Å²) in [6.07, 6.45) is -0.464. The third kappa shape index (κ3) is 7.76. The van der Waals surface area contributed by atoms with E-state index in [0.717, 1.165) is 0 Å². The number of ether oxygens (including phenoxy) is 2. The second kappa shape index (κ2) is 13.2. The highest BCUT2D eigenvalue weighted by molar-refractivity contribution is 5.99. The van der Waals surface area contributed by atoms with Crippen LogP contribution in [-0.2, 0) is 30.3 Å². The van der Waals surface area contributed by atoms with Crippen LogP contribution in [0.4, 0.5) is 0 Å². The first-order chi connectivity index (χ1) is 18.5. The second-order valence-electron chi connectivity index (χ2n) is 10.1. The largest absolute Gasteiger partial charge is 0.507 e. The molecule has 2 aromatic rings. The Labute approximate surface area is 226 Å². The van der Waals surface area contributed by atoms with Crippen LogP contribution in [0.2, 0.25) is 0 Å². The summed E-state index contributed by atoms with van der Waals surface area (Å²) in [7, 11) is 0. The number of benzene rings is 1. The highest BCUT2D eigenvalue weighted by Crippen LogP contribution is 2.21. The molecule has 6 atom stereocenters. The van der Waals surface area contributed by atoms with Gasteiger partial charge >= 0.3 is 11.9 Å². The normalized spacial score (nSPS) is 26.5. The molecule has 1 aromatic carbocycles. The SMILES string of the molecule is CC(C)CC1OC(=O)[C@H](C)[C@H](O)[C@H](Cc2cccnc2)NC(=O)[C@@H](NC(=O)c2ccccc2O)[C@@H](C)OC1=O. The average Bonchev–Trinajstić information content (AvgIpc) is 2.89. The van der Waals surface area contributed by atoms with Crippen molar-refractivity contribution in [3.05, 3.63) is 59.9 Å². The lowest BCUT2D eigenvalue weighted by Crippen LogP contribution is -2.59. The number of aromatic hydroxyl groups is 1. The zero-order chi connectivity index (χ0) is 28.7. The van der Waals surface area contributed by atoms with Crippen LogP contribution < -0.4 is 10.6 Å². The quantitative estimate of drug-likeness (QED) is 0.397. The summed E-state index contributed by atoms with van der Waals surface area (Å²) < 4.78 is 11.0. The van der Waals surface area contributed by atoms with Crippen molar-refractivity contribution in [1.82, 2.24) is 15.6 Å². The molecule has 4 N–H and O–H groups in total. The molecule has 0 saturated carbocycles. The van der Waals surface area contributed by atoms with Gasteiger partial charge in [-0.05, 0) is 56.4 Å². The molecular formula is C28H35N3O8. The van der Waals surface area contributed by atoms with Crippen LogP contribution in [-0.4, -0.2) is 69.3 Å². The summed E-state index contributed by atoms with van der Waals surface area (Å²) >= 11 is 0. The number of aliphatic hydroxyl groups is 1. The van der Waals surface area contributed by atoms with Gasteiger partial charge in [-0.1, -0.05) is 32.0 Å². The molecule has 3 rings (SSSR count). The first-order valence-electron chi connectivity index (χ1n) is 12.8. The maximum absolute atomic E-state index is 13.6. The summed E-state index contributed by atoms with van der Waals surface area (Å²) in [5.74, 6) is -4.67. The number of cyclic esters (lactones) is 2. The standard InChI is InChI=1S/C28H35N3O8/c1-15(2)12-22-28(37)38-17(4)23(31-25(34)19-9-5-6-10-21(19)32)26(35)30-20(13-18-8-7-11-29-14-18)24(33)16(3)27(36)39-22/h5-11,14-17,20,22-24,32-33H,12-13H2,1-4H3,(H,30,35)(H,31,34)/t16-,17-,20+,22?,23+,24+/m1/s1. The molecule has 1 fully saturated rings. The fourth-order valence-electron chi connectivity index (χ4n) is 4.27. The predicted molar refractivity (Wildman–Crippen MR) is 139 cm³/mol. The third-order valence-corrected chi connectivity index (χ3v) is 6.50. The molecule has 11 heteroatoms. The third-order valence-electron chi connectivity index (χ3n) is 6.50. The van der Waals surface area contributed by atoms with E-state index in [1.165, 1.54) is 26.0 Å². The number of hydrogen-bond acceptors (Lipinski definition) is 9. The van der Waals surface area contributed by atoms with Crippen molar-refractivity contribution in [3.8, 4) is 5.75 Å². The number of hydrogen-bond donors (Lipinski definition) is 4. The summed E-state index contributed by atoms with van der Waals surface area (Å²) in [5, 5.41) is 26.5. The minimum atomic E-state index is -1.41. The average molecular weight is 542 g/mol. The van der Waals surface area contributed by atoms with E-state index in [-0.39, 0.29) is 30.1 Å². The molecule has 11 nitrogen and oxygen atoms in total. The number of pyridine rings is 1. The first-order valence-corrected chi connectivity index (χ1v) is 12.8. The van der Waals surface area contributed by atoms with Gasteiger partial charge in [-0.2, -0.15) is 0 Å². The Morgan fingerprint density at radius 1 is 1.08 bits per heavy atom. The van der Waals surface area contributed by atoms with Crippen LogP contribution in [0, 0.1) is 11.8 Å². The number of aromatic nitrogens is 1. The number of phenols is 1. The number of rotatable bonds is 6. The Balaban J connectivity index is 1.99. The smallest absolute Gasteiger partial charge is 0.347 e. The molecule has 1 aliphatic heterocycles. The van der Waals surface area contributed by atoms with Gasteiger partial charge in [0.25, 0.3) is 5.91 Å². The minimum Gasteiger partial charge on any atom is -0.507 e. The highest BCUT2D eigenvalue weighted by atomic mass is 16.6. The lowest BCUT2D eigenvalue weighted by Gasteiger charge is -2.33. The van der Waals surface area contributed by atoms with Gasteiger partial charge in [0.05, 0.1) is 23.6 Å². The molecule has 2 amide bonds. The Bertz CT molecular complexity index is 1170. The van der Waals surface area contributed by atoms with Crippen molar-refractivity contribution >= 4 is 23.8 Å². The van der Waals surface area contributed by atoms with Crippen LogP contribution in [0.1, 0.15) is 50.0 Å². The lowest BCUT2D eigenvalue weighted by molar-refractivity contribution is -0.178. The number of phenolic OH excluding ortho intramolecular Hbond substituents is 1. The molecule has 0 aliphatic carbocycles. The summed E-state index contributed by atoms with van der Waals surface area (Å²) in [6, 6.07) is 6.85. The molecule has 0 radical (unpaired) electrons. The minimum absolute atomic E-state index is 0.0445. The lowest BCUT2D eigenvalue weighted by atomic mass is 9.92. The van der Waals surface area contributed by atoms with E-state index < -0.39 is 60.1 Å². The zero-order valence-electron chi connectivity index (χ0n) is 22.4. The fourth-order valence-corrected chi connectivity index (χ4v) is 4.27. The van der Waals surface area contributed by atoms with Crippen molar-refractivity contribution in [2.75, 3.05) is 0 Å². The van der Waals surface area contributed by atoms with Gasteiger partial charge in [-0.25, -0.2) is 4.79 Å². The van der Waals surface area contributed by atoms with Crippen molar-refractivity contribution in [2.24, 2.45) is 11.8 Å². The van der Waals surface area contributed by atoms with E-state index in [1.807, 2.05) is 13.8 Å². The topological polar surface area (TPSA) is 164 Å². The number of nitrogens with one attached hydrogen (secondary N) is 2. The van der Waals surface area contributed by atoms with Crippen molar-refractivity contribution in [3.63, 3.8) is 0 Å². The van der Waals surface area contributed by atoms with Crippen molar-refractivity contribution in [2.45, 2.75) is 70.9 Å². The van der Waals surface area contributed by atoms with Crippen LogP contribution in [0.25, 0.3) is 0 Å². The molecule has 1 aromatic heterocycles. The Morgan fingerprint density at radius 3 is 2.44 bits per heavy atom. The summed E-state index contributed by atoms with van der Waals surface area (Å²) in [5.41, 5.74) is 0.601. The maximum atomic E-state index is 13.6. The number of amides is 2. The Kier molecular flexibility index (Phi) is 10.00. The van der Waals surface area contributed by atoms with Gasteiger partial charge in [0, 0.05) is 12.4 Å². The number of carbonyl (C=O) groups excluding carboxylic acids is 4. The number of aliphatic hydroxyl groups excluding tert-OH is 1. The zero-order valence-corrected chi connectivity index (χ0v) is 22.4. The van der Waals surface area contributed by atoms with Crippen LogP contribution in [0.5, 0.6) is 5.75 Å². The van der Waals surface area contributed by atoms with E-state index in [9.17, 15) is 29.4 Å². The Morgan fingerprint density at radius 2 is 1.79 bits per heavy atom. The number of carbonyl (C=O) groups is 4. The predicted octanol–water partition coefficient (Wildman–Crippen LogP) is 1.51. The van der Waals surface area contributed by atoms with E-state index in [1.54, 1.807) is 36.7 Å². The van der Waals surface area contributed by atoms with Crippen LogP contribution in [0.15, 0.2) is 48.8 Å². The van der Waals surface area contributed by atoms with Gasteiger partial charge in [-0.3, -0.25) is 19.4 Å². The summed E-state index contributed by atoms with van der Waals surface area (Å²) in [6.45, 7) is 6.54. The van der Waals surface area contributed by atoms with Gasteiger partial charge < -0.3 is 30.3 Å². The Hall–Kier alpha value is -3.99. The van der Waals surface area contributed by atoms with Gasteiger partial charge in [0.1, 0.15) is 17.9 Å². The molecule has 39 heavy (non-hydrogen) atoms. The van der Waals surface area contributed by atoms with Crippen LogP contribution in [0.3, 0.4) is 0 Å². The van der Waals surface area contributed by atoms with E-state index in [4.69, 9.17) is 9.47 Å². The molecule has 210 valence electrons. The number of esters is 2.